The molecule has 0 unspecified atom stereocenters. The minimum atomic E-state index is 0.674. The van der Waals surface area contributed by atoms with Gasteiger partial charge in [0.15, 0.2) is 0 Å². The van der Waals surface area contributed by atoms with Gasteiger partial charge in [-0.3, -0.25) is 0 Å². The zero-order valence-corrected chi connectivity index (χ0v) is 14.8. The summed E-state index contributed by atoms with van der Waals surface area (Å²) < 4.78 is 5.39. The van der Waals surface area contributed by atoms with Crippen molar-refractivity contribution in [2.24, 2.45) is 0 Å². The Morgan fingerprint density at radius 1 is 1.13 bits per heavy atom. The summed E-state index contributed by atoms with van der Waals surface area (Å²) in [5, 5.41) is 7.28. The van der Waals surface area contributed by atoms with Gasteiger partial charge < -0.3 is 15.4 Å². The van der Waals surface area contributed by atoms with Gasteiger partial charge in [-0.05, 0) is 31.9 Å². The van der Waals surface area contributed by atoms with Crippen molar-refractivity contribution in [2.75, 3.05) is 24.3 Å². The molecule has 0 radical (unpaired) electrons. The zero-order chi connectivity index (χ0) is 16.8. The number of unbranched alkanes of at least 4 members (excludes halogenated alkanes) is 1. The molecule has 2 aromatic rings. The SMILES string of the molecule is CCCCNc1cc(Nc2cc(C)c(Cl)cc2OC)nc(C)n1. The zero-order valence-electron chi connectivity index (χ0n) is 14.0. The Hall–Kier alpha value is -2.01. The van der Waals surface area contributed by atoms with Gasteiger partial charge in [-0.25, -0.2) is 9.97 Å². The smallest absolute Gasteiger partial charge is 0.143 e. The summed E-state index contributed by atoms with van der Waals surface area (Å²) in [6.45, 7) is 6.89. The quantitative estimate of drug-likeness (QED) is 0.718. The average molecular weight is 335 g/mol. The lowest BCUT2D eigenvalue weighted by molar-refractivity contribution is 0.416. The lowest BCUT2D eigenvalue weighted by Gasteiger charge is -2.14. The van der Waals surface area contributed by atoms with E-state index in [1.807, 2.05) is 26.0 Å². The molecule has 0 fully saturated rings. The highest BCUT2D eigenvalue weighted by Crippen LogP contribution is 2.32. The number of aromatic nitrogens is 2. The minimum Gasteiger partial charge on any atom is -0.495 e. The topological polar surface area (TPSA) is 59.1 Å². The van der Waals surface area contributed by atoms with Crippen LogP contribution < -0.4 is 15.4 Å². The van der Waals surface area contributed by atoms with E-state index in [9.17, 15) is 0 Å². The molecule has 0 aliphatic heterocycles. The molecule has 0 aliphatic rings. The first-order valence-corrected chi connectivity index (χ1v) is 8.12. The van der Waals surface area contributed by atoms with Crippen LogP contribution >= 0.6 is 11.6 Å². The van der Waals surface area contributed by atoms with Crippen molar-refractivity contribution in [2.45, 2.75) is 33.6 Å². The first-order chi connectivity index (χ1) is 11.0. The van der Waals surface area contributed by atoms with Crippen molar-refractivity contribution < 1.29 is 4.74 Å². The Morgan fingerprint density at radius 3 is 2.57 bits per heavy atom. The Labute approximate surface area is 142 Å². The molecule has 0 amide bonds. The van der Waals surface area contributed by atoms with Gasteiger partial charge in [-0.2, -0.15) is 0 Å². The Bertz CT molecular complexity index is 676. The largest absolute Gasteiger partial charge is 0.495 e. The van der Waals surface area contributed by atoms with E-state index in [2.05, 4.69) is 27.5 Å². The number of methoxy groups -OCH3 is 1. The molecular formula is C17H23ClN4O. The normalized spacial score (nSPS) is 10.5. The average Bonchev–Trinajstić information content (AvgIpc) is 2.50. The molecule has 23 heavy (non-hydrogen) atoms. The number of rotatable bonds is 7. The molecule has 2 rings (SSSR count). The van der Waals surface area contributed by atoms with Crippen LogP contribution in [0.1, 0.15) is 31.2 Å². The molecule has 0 spiro atoms. The van der Waals surface area contributed by atoms with Crippen LogP contribution in [0.3, 0.4) is 0 Å². The molecule has 1 aromatic heterocycles. The molecule has 124 valence electrons. The minimum absolute atomic E-state index is 0.674. The maximum atomic E-state index is 6.15. The first kappa shape index (κ1) is 17.3. The van der Waals surface area contributed by atoms with Crippen LogP contribution in [0.15, 0.2) is 18.2 Å². The fraction of sp³-hybridized carbons (Fsp3) is 0.412. The number of nitrogens with zero attached hydrogens (tertiary/aromatic N) is 2. The molecule has 6 heteroatoms. The summed E-state index contributed by atoms with van der Waals surface area (Å²) in [5.41, 5.74) is 1.80. The maximum absolute atomic E-state index is 6.15. The van der Waals surface area contributed by atoms with Crippen LogP contribution in [-0.4, -0.2) is 23.6 Å². The lowest BCUT2D eigenvalue weighted by atomic mass is 10.2. The maximum Gasteiger partial charge on any atom is 0.143 e. The summed E-state index contributed by atoms with van der Waals surface area (Å²) in [6.07, 6.45) is 2.25. The summed E-state index contributed by atoms with van der Waals surface area (Å²) in [5.74, 6) is 2.92. The third kappa shape index (κ3) is 4.73. The highest BCUT2D eigenvalue weighted by molar-refractivity contribution is 6.31. The van der Waals surface area contributed by atoms with E-state index in [4.69, 9.17) is 16.3 Å². The molecule has 5 nitrogen and oxygen atoms in total. The number of halogens is 1. The van der Waals surface area contributed by atoms with E-state index >= 15 is 0 Å². The predicted octanol–water partition coefficient (Wildman–Crippen LogP) is 4.71. The third-order valence-electron chi connectivity index (χ3n) is 3.42. The van der Waals surface area contributed by atoms with Crippen LogP contribution in [0.25, 0.3) is 0 Å². The number of hydrogen-bond acceptors (Lipinski definition) is 5. The molecule has 0 aliphatic carbocycles. The number of ether oxygens (including phenoxy) is 1. The van der Waals surface area contributed by atoms with E-state index in [1.54, 1.807) is 13.2 Å². The molecule has 1 aromatic carbocycles. The van der Waals surface area contributed by atoms with Crippen molar-refractivity contribution in [1.82, 2.24) is 9.97 Å². The van der Waals surface area contributed by atoms with Gasteiger partial charge in [0.25, 0.3) is 0 Å². The Morgan fingerprint density at radius 2 is 1.87 bits per heavy atom. The third-order valence-corrected chi connectivity index (χ3v) is 3.83. The van der Waals surface area contributed by atoms with Gasteiger partial charge in [0.05, 0.1) is 12.8 Å². The second kappa shape index (κ2) is 8.02. The number of anilines is 3. The Kier molecular flexibility index (Phi) is 6.04. The van der Waals surface area contributed by atoms with E-state index in [0.717, 1.165) is 42.3 Å². The fourth-order valence-corrected chi connectivity index (χ4v) is 2.34. The highest BCUT2D eigenvalue weighted by atomic mass is 35.5. The highest BCUT2D eigenvalue weighted by Gasteiger charge is 2.09. The van der Waals surface area contributed by atoms with Crippen LogP contribution in [0, 0.1) is 13.8 Å². The molecule has 0 bridgehead atoms. The number of aryl methyl sites for hydroxylation is 2. The molecule has 2 N–H and O–H groups in total. The van der Waals surface area contributed by atoms with E-state index < -0.39 is 0 Å². The van der Waals surface area contributed by atoms with Crippen molar-refractivity contribution in [3.63, 3.8) is 0 Å². The van der Waals surface area contributed by atoms with Crippen LogP contribution in [0.5, 0.6) is 5.75 Å². The number of hydrogen-bond donors (Lipinski definition) is 2. The van der Waals surface area contributed by atoms with Crippen LogP contribution in [0.2, 0.25) is 5.02 Å². The standard InChI is InChI=1S/C17H23ClN4O/c1-5-6-7-19-16-10-17(21-12(3)20-16)22-14-8-11(2)13(18)9-15(14)23-4/h8-10H,5-7H2,1-4H3,(H2,19,20,21,22). The van der Waals surface area contributed by atoms with Crippen LogP contribution in [-0.2, 0) is 0 Å². The molecule has 1 heterocycles. The van der Waals surface area contributed by atoms with Crippen molar-refractivity contribution >= 4 is 28.9 Å². The molecule has 0 atom stereocenters. The molecule has 0 saturated heterocycles. The summed E-state index contributed by atoms with van der Waals surface area (Å²) in [6, 6.07) is 5.64. The summed E-state index contributed by atoms with van der Waals surface area (Å²) in [4.78, 5) is 8.84. The summed E-state index contributed by atoms with van der Waals surface area (Å²) >= 11 is 6.15. The number of nitrogens with one attached hydrogen (secondary N) is 2. The van der Waals surface area contributed by atoms with Gasteiger partial charge >= 0.3 is 0 Å². The lowest BCUT2D eigenvalue weighted by Crippen LogP contribution is -2.06. The van der Waals surface area contributed by atoms with Gasteiger partial charge in [0.1, 0.15) is 23.2 Å². The van der Waals surface area contributed by atoms with Gasteiger partial charge in [0.2, 0.25) is 0 Å². The second-order valence-electron chi connectivity index (χ2n) is 5.39. The number of benzene rings is 1. The van der Waals surface area contributed by atoms with Crippen molar-refractivity contribution in [3.8, 4) is 5.75 Å². The van der Waals surface area contributed by atoms with Gasteiger partial charge in [0, 0.05) is 23.7 Å². The van der Waals surface area contributed by atoms with Crippen molar-refractivity contribution in [3.05, 3.63) is 34.6 Å². The molecule has 0 saturated carbocycles. The van der Waals surface area contributed by atoms with Gasteiger partial charge in [-0.1, -0.05) is 24.9 Å². The predicted molar refractivity (Wildman–Crippen MR) is 96.2 cm³/mol. The first-order valence-electron chi connectivity index (χ1n) is 7.74. The van der Waals surface area contributed by atoms with E-state index in [0.29, 0.717) is 16.6 Å². The van der Waals surface area contributed by atoms with Crippen LogP contribution in [0.4, 0.5) is 17.3 Å². The molecular weight excluding hydrogens is 312 g/mol. The van der Waals surface area contributed by atoms with E-state index in [1.165, 1.54) is 0 Å². The van der Waals surface area contributed by atoms with E-state index in [-0.39, 0.29) is 0 Å². The Balaban J connectivity index is 2.24. The van der Waals surface area contributed by atoms with Gasteiger partial charge in [-0.15, -0.1) is 0 Å². The van der Waals surface area contributed by atoms with Crippen molar-refractivity contribution in [1.29, 1.82) is 0 Å². The summed E-state index contributed by atoms with van der Waals surface area (Å²) in [7, 11) is 1.62. The fourth-order valence-electron chi connectivity index (χ4n) is 2.18. The monoisotopic (exact) mass is 334 g/mol. The second-order valence-corrected chi connectivity index (χ2v) is 5.80.